The number of carbonyl (C=O) groups excluding carboxylic acids is 1. The normalized spacial score (nSPS) is 17.9. The number of rotatable bonds is 5. The van der Waals surface area contributed by atoms with Gasteiger partial charge >= 0.3 is 6.09 Å². The van der Waals surface area contributed by atoms with Gasteiger partial charge in [0.05, 0.1) is 13.2 Å². The van der Waals surface area contributed by atoms with Gasteiger partial charge in [0, 0.05) is 24.4 Å². The third-order valence-electron chi connectivity index (χ3n) is 3.29. The van der Waals surface area contributed by atoms with Crippen molar-refractivity contribution in [2.45, 2.75) is 38.0 Å². The van der Waals surface area contributed by atoms with E-state index in [1.54, 1.807) is 16.7 Å². The van der Waals surface area contributed by atoms with Crippen molar-refractivity contribution in [3.63, 3.8) is 0 Å². The van der Waals surface area contributed by atoms with Crippen molar-refractivity contribution in [3.8, 4) is 0 Å². The highest BCUT2D eigenvalue weighted by atomic mass is 127. The first-order valence-corrected chi connectivity index (χ1v) is 8.36. The summed E-state index contributed by atoms with van der Waals surface area (Å²) in [5.74, 6) is 0.500. The van der Waals surface area contributed by atoms with E-state index in [2.05, 4.69) is 23.5 Å². The van der Waals surface area contributed by atoms with E-state index in [9.17, 15) is 4.79 Å². The molecule has 0 saturated carbocycles. The van der Waals surface area contributed by atoms with Gasteiger partial charge in [-0.1, -0.05) is 6.92 Å². The number of halogens is 1. The first-order chi connectivity index (χ1) is 9.56. The van der Waals surface area contributed by atoms with Gasteiger partial charge in [-0.2, -0.15) is 11.8 Å². The lowest BCUT2D eigenvalue weighted by Gasteiger charge is -2.31. The molecule has 1 rings (SSSR count). The summed E-state index contributed by atoms with van der Waals surface area (Å²) in [4.78, 5) is 17.6. The fourth-order valence-electron chi connectivity index (χ4n) is 1.98. The summed E-state index contributed by atoms with van der Waals surface area (Å²) in [6.45, 7) is 6.49. The number of nitrogens with two attached hydrogens (primary N) is 1. The monoisotopic (exact) mass is 430 g/mol. The summed E-state index contributed by atoms with van der Waals surface area (Å²) in [5.41, 5.74) is 5.87. The Bertz CT molecular complexity index is 336. The van der Waals surface area contributed by atoms with Crippen LogP contribution in [0.1, 0.15) is 26.7 Å². The fourth-order valence-corrected chi connectivity index (χ4v) is 2.20. The van der Waals surface area contributed by atoms with Gasteiger partial charge in [0.2, 0.25) is 0 Å². The fraction of sp³-hybridized carbons (Fsp3) is 0.846. The standard InChI is InChI=1S/C13H26N4O2S.HI/c1-4-19-13(18)17-7-5-11(6-8-17)16-12(14)15-9-10(2)20-3;/h10-11H,4-9H2,1-3H3,(H3,14,15,16);1H. The molecule has 0 bridgehead atoms. The van der Waals surface area contributed by atoms with Crippen molar-refractivity contribution in [1.82, 2.24) is 10.2 Å². The van der Waals surface area contributed by atoms with E-state index in [4.69, 9.17) is 10.5 Å². The molecule has 124 valence electrons. The van der Waals surface area contributed by atoms with Crippen LogP contribution in [0.5, 0.6) is 0 Å². The molecule has 1 amide bonds. The number of likely N-dealkylation sites (tertiary alicyclic amines) is 1. The largest absolute Gasteiger partial charge is 0.450 e. The van der Waals surface area contributed by atoms with Gasteiger partial charge < -0.3 is 20.7 Å². The molecule has 0 aromatic heterocycles. The predicted octanol–water partition coefficient (Wildman–Crippen LogP) is 1.88. The second-order valence-electron chi connectivity index (χ2n) is 4.88. The number of piperidine rings is 1. The highest BCUT2D eigenvalue weighted by molar-refractivity contribution is 14.0. The van der Waals surface area contributed by atoms with E-state index in [-0.39, 0.29) is 36.1 Å². The topological polar surface area (TPSA) is 80.0 Å². The number of hydrogen-bond donors (Lipinski definition) is 2. The molecular weight excluding hydrogens is 403 g/mol. The molecule has 6 nitrogen and oxygen atoms in total. The van der Waals surface area contributed by atoms with Gasteiger partial charge in [-0.3, -0.25) is 4.99 Å². The van der Waals surface area contributed by atoms with Gasteiger partial charge in [-0.25, -0.2) is 4.79 Å². The first kappa shape index (κ1) is 20.6. The van der Waals surface area contributed by atoms with Crippen LogP contribution in [0.3, 0.4) is 0 Å². The molecule has 1 saturated heterocycles. The minimum Gasteiger partial charge on any atom is -0.450 e. The molecule has 1 fully saturated rings. The molecule has 3 N–H and O–H groups in total. The molecule has 1 aliphatic heterocycles. The van der Waals surface area contributed by atoms with Crippen molar-refractivity contribution < 1.29 is 9.53 Å². The van der Waals surface area contributed by atoms with E-state index in [0.29, 0.717) is 30.9 Å². The molecule has 0 spiro atoms. The quantitative estimate of drug-likeness (QED) is 0.396. The number of carbonyl (C=O) groups is 1. The molecule has 0 radical (unpaired) electrons. The van der Waals surface area contributed by atoms with Crippen LogP contribution in [0.2, 0.25) is 0 Å². The Morgan fingerprint density at radius 2 is 2.14 bits per heavy atom. The third kappa shape index (κ3) is 7.98. The lowest BCUT2D eigenvalue weighted by atomic mass is 10.1. The maximum Gasteiger partial charge on any atom is 0.409 e. The van der Waals surface area contributed by atoms with Crippen LogP contribution >= 0.6 is 35.7 Å². The Labute approximate surface area is 148 Å². The lowest BCUT2D eigenvalue weighted by molar-refractivity contribution is 0.0963. The summed E-state index contributed by atoms with van der Waals surface area (Å²) >= 11 is 1.77. The van der Waals surface area contributed by atoms with Crippen LogP contribution in [0.15, 0.2) is 4.99 Å². The smallest absolute Gasteiger partial charge is 0.409 e. The van der Waals surface area contributed by atoms with E-state index in [1.165, 1.54) is 0 Å². The zero-order valence-corrected chi connectivity index (χ0v) is 16.1. The average Bonchev–Trinajstić information content (AvgIpc) is 2.45. The second kappa shape index (κ2) is 11.2. The Hall–Kier alpha value is -0.380. The number of aliphatic imine (C=N–C) groups is 1. The highest BCUT2D eigenvalue weighted by Crippen LogP contribution is 2.11. The summed E-state index contributed by atoms with van der Waals surface area (Å²) < 4.78 is 4.99. The Morgan fingerprint density at radius 3 is 2.67 bits per heavy atom. The Kier molecular flexibility index (Phi) is 11.0. The number of nitrogens with zero attached hydrogens (tertiary/aromatic N) is 2. The summed E-state index contributed by atoms with van der Waals surface area (Å²) in [6.07, 6.45) is 3.58. The number of guanidine groups is 1. The zero-order valence-electron chi connectivity index (χ0n) is 13.0. The first-order valence-electron chi connectivity index (χ1n) is 7.07. The molecule has 1 atom stereocenters. The summed E-state index contributed by atoms with van der Waals surface area (Å²) in [7, 11) is 0. The maximum absolute atomic E-state index is 11.6. The van der Waals surface area contributed by atoms with Crippen LogP contribution in [0.25, 0.3) is 0 Å². The van der Waals surface area contributed by atoms with Gasteiger partial charge in [0.15, 0.2) is 5.96 Å². The number of thioether (sulfide) groups is 1. The van der Waals surface area contributed by atoms with Crippen LogP contribution in [0, 0.1) is 0 Å². The third-order valence-corrected chi connectivity index (χ3v) is 4.25. The van der Waals surface area contributed by atoms with Crippen LogP contribution in [0.4, 0.5) is 4.79 Å². The van der Waals surface area contributed by atoms with E-state index < -0.39 is 0 Å². The number of nitrogens with one attached hydrogen (secondary N) is 1. The highest BCUT2D eigenvalue weighted by Gasteiger charge is 2.23. The minimum absolute atomic E-state index is 0. The molecule has 1 aliphatic rings. The van der Waals surface area contributed by atoms with Crippen molar-refractivity contribution in [2.24, 2.45) is 10.7 Å². The zero-order chi connectivity index (χ0) is 15.0. The molecule has 21 heavy (non-hydrogen) atoms. The molecule has 1 unspecified atom stereocenters. The van der Waals surface area contributed by atoms with E-state index in [0.717, 1.165) is 19.4 Å². The van der Waals surface area contributed by atoms with Crippen molar-refractivity contribution in [2.75, 3.05) is 32.5 Å². The van der Waals surface area contributed by atoms with Crippen molar-refractivity contribution in [1.29, 1.82) is 0 Å². The number of amides is 1. The summed E-state index contributed by atoms with van der Waals surface area (Å²) in [6, 6.07) is 0.286. The van der Waals surface area contributed by atoms with Crippen LogP contribution in [-0.4, -0.2) is 60.7 Å². The van der Waals surface area contributed by atoms with Gasteiger partial charge in [0.25, 0.3) is 0 Å². The minimum atomic E-state index is -0.221. The number of ether oxygens (including phenoxy) is 1. The Morgan fingerprint density at radius 1 is 1.52 bits per heavy atom. The number of hydrogen-bond acceptors (Lipinski definition) is 4. The van der Waals surface area contributed by atoms with Crippen molar-refractivity contribution >= 4 is 47.8 Å². The average molecular weight is 430 g/mol. The van der Waals surface area contributed by atoms with E-state index >= 15 is 0 Å². The van der Waals surface area contributed by atoms with Crippen LogP contribution < -0.4 is 11.1 Å². The SMILES string of the molecule is CCOC(=O)N1CCC(NC(N)=NCC(C)SC)CC1.I. The van der Waals surface area contributed by atoms with Crippen LogP contribution in [-0.2, 0) is 4.74 Å². The molecular formula is C13H27IN4O2S. The Balaban J connectivity index is 0.00000400. The summed E-state index contributed by atoms with van der Waals surface area (Å²) in [5, 5.41) is 3.70. The molecule has 1 heterocycles. The van der Waals surface area contributed by atoms with Gasteiger partial charge in [0.1, 0.15) is 0 Å². The van der Waals surface area contributed by atoms with E-state index in [1.807, 2.05) is 6.92 Å². The second-order valence-corrected chi connectivity index (χ2v) is 6.15. The van der Waals surface area contributed by atoms with Gasteiger partial charge in [-0.05, 0) is 26.0 Å². The molecule has 0 aromatic rings. The predicted molar refractivity (Wildman–Crippen MR) is 99.6 cm³/mol. The molecule has 8 heteroatoms. The molecule has 0 aliphatic carbocycles. The molecule has 0 aromatic carbocycles. The lowest BCUT2D eigenvalue weighted by Crippen LogP contribution is -2.48. The van der Waals surface area contributed by atoms with Crippen molar-refractivity contribution in [3.05, 3.63) is 0 Å². The maximum atomic E-state index is 11.6. The van der Waals surface area contributed by atoms with Gasteiger partial charge in [-0.15, -0.1) is 24.0 Å².